The van der Waals surface area contributed by atoms with Gasteiger partial charge in [0.2, 0.25) is 11.8 Å². The van der Waals surface area contributed by atoms with E-state index in [9.17, 15) is 18.7 Å². The molecule has 0 fully saturated rings. The van der Waals surface area contributed by atoms with E-state index in [0.717, 1.165) is 23.7 Å². The molecule has 0 aliphatic carbocycles. The van der Waals surface area contributed by atoms with Gasteiger partial charge < -0.3 is 24.6 Å². The summed E-state index contributed by atoms with van der Waals surface area (Å²) < 4.78 is 39.2. The van der Waals surface area contributed by atoms with Gasteiger partial charge in [-0.3, -0.25) is 4.79 Å². The Hall–Kier alpha value is -4.67. The van der Waals surface area contributed by atoms with Gasteiger partial charge >= 0.3 is 0 Å². The number of carbonyl (C=O) groups is 1. The first kappa shape index (κ1) is 30.8. The molecule has 3 N–H and O–H groups in total. The summed E-state index contributed by atoms with van der Waals surface area (Å²) in [7, 11) is 0. The average Bonchev–Trinajstić information content (AvgIpc) is 3.73. The highest BCUT2D eigenvalue weighted by atomic mass is 19.1. The second kappa shape index (κ2) is 14.2. The number of aryl methyl sites for hydroxylation is 2. The molecular weight excluding hydrogens is 566 g/mol. The molecule has 0 radical (unpaired) electrons. The lowest BCUT2D eigenvalue weighted by Gasteiger charge is -2.25. The molecular formula is C34H34F2N4O4. The van der Waals surface area contributed by atoms with Crippen LogP contribution in [0.5, 0.6) is 0 Å². The fourth-order valence-electron chi connectivity index (χ4n) is 4.96. The molecule has 0 unspecified atom stereocenters. The van der Waals surface area contributed by atoms with Crippen LogP contribution in [0.25, 0.3) is 22.9 Å². The Balaban J connectivity index is 1.40. The molecule has 5 rings (SSSR count). The number of benzene rings is 3. The predicted molar refractivity (Wildman–Crippen MR) is 162 cm³/mol. The normalized spacial score (nSPS) is 12.7. The average molecular weight is 601 g/mol. The van der Waals surface area contributed by atoms with Crippen LogP contribution in [0, 0.1) is 11.6 Å². The summed E-state index contributed by atoms with van der Waals surface area (Å²) in [6, 6.07) is 15.4. The maximum absolute atomic E-state index is 14.0. The van der Waals surface area contributed by atoms with Crippen LogP contribution >= 0.6 is 0 Å². The van der Waals surface area contributed by atoms with Gasteiger partial charge in [-0.25, -0.2) is 18.7 Å². The quantitative estimate of drug-likeness (QED) is 0.154. The summed E-state index contributed by atoms with van der Waals surface area (Å²) >= 11 is 0. The molecule has 228 valence electrons. The first-order chi connectivity index (χ1) is 21.3. The minimum Gasteiger partial charge on any atom is -0.445 e. The summed E-state index contributed by atoms with van der Waals surface area (Å²) in [6.45, 7) is 4.65. The molecule has 44 heavy (non-hydrogen) atoms. The number of hydrogen-bond acceptors (Lipinski definition) is 7. The molecule has 0 spiro atoms. The summed E-state index contributed by atoms with van der Waals surface area (Å²) in [5.41, 5.74) is 4.59. The van der Waals surface area contributed by atoms with Crippen LogP contribution < -0.4 is 10.6 Å². The zero-order valence-electron chi connectivity index (χ0n) is 24.5. The highest BCUT2D eigenvalue weighted by Crippen LogP contribution is 2.28. The molecule has 10 heteroatoms. The molecule has 0 saturated carbocycles. The number of hydrogen-bond donors (Lipinski definition) is 3. The number of aliphatic hydroxyl groups is 1. The lowest BCUT2D eigenvalue weighted by Crippen LogP contribution is -2.48. The van der Waals surface area contributed by atoms with E-state index in [0.29, 0.717) is 41.4 Å². The Bertz CT molecular complexity index is 1680. The van der Waals surface area contributed by atoms with Gasteiger partial charge in [-0.15, -0.1) is 0 Å². The monoisotopic (exact) mass is 600 g/mol. The Morgan fingerprint density at radius 2 is 1.66 bits per heavy atom. The SMILES string of the molecule is CCc1cccc(CNC[C@@H](O)[C@H](Cc2cc(F)cc(F)c2)NC(=O)c2cc(-c3ncco3)cc(-c3nc(CC)co3)c2)c1. The van der Waals surface area contributed by atoms with Crippen molar-refractivity contribution in [2.24, 2.45) is 0 Å². The van der Waals surface area contributed by atoms with Crippen LogP contribution in [0.3, 0.4) is 0 Å². The third-order valence-corrected chi connectivity index (χ3v) is 7.28. The largest absolute Gasteiger partial charge is 0.445 e. The van der Waals surface area contributed by atoms with Crippen molar-refractivity contribution < 1.29 is 27.5 Å². The molecule has 0 aliphatic rings. The van der Waals surface area contributed by atoms with E-state index in [2.05, 4.69) is 39.7 Å². The van der Waals surface area contributed by atoms with Crippen molar-refractivity contribution in [3.63, 3.8) is 0 Å². The van der Waals surface area contributed by atoms with Crippen molar-refractivity contribution >= 4 is 5.91 Å². The summed E-state index contributed by atoms with van der Waals surface area (Å²) in [4.78, 5) is 22.4. The van der Waals surface area contributed by atoms with Gasteiger partial charge in [-0.2, -0.15) is 0 Å². The molecule has 1 amide bonds. The number of halogens is 2. The van der Waals surface area contributed by atoms with Gasteiger partial charge in [0.05, 0.1) is 24.0 Å². The van der Waals surface area contributed by atoms with E-state index in [1.54, 1.807) is 24.5 Å². The number of aromatic nitrogens is 2. The van der Waals surface area contributed by atoms with E-state index in [1.165, 1.54) is 30.2 Å². The fraction of sp³-hybridized carbons (Fsp3) is 0.265. The second-order valence-electron chi connectivity index (χ2n) is 10.6. The standard InChI is InChI=1S/C34H34F2N4O4/c1-3-21-6-5-7-22(10-21)18-37-19-31(41)30(13-23-11-27(35)17-28(36)12-23)40-32(42)24-14-25(33-38-8-9-43-33)16-26(15-24)34-39-29(4-2)20-44-34/h5-12,14-17,20,30-31,37,41H,3-4,13,18-19H2,1-2H3,(H,40,42)/t30-,31+/m0/s1. The Labute approximate surface area is 254 Å². The topological polar surface area (TPSA) is 113 Å². The van der Waals surface area contributed by atoms with Crippen LogP contribution in [-0.4, -0.2) is 39.7 Å². The lowest BCUT2D eigenvalue weighted by molar-refractivity contribution is 0.0830. The van der Waals surface area contributed by atoms with Crippen molar-refractivity contribution in [3.05, 3.63) is 119 Å². The molecule has 2 aromatic heterocycles. The second-order valence-corrected chi connectivity index (χ2v) is 10.6. The lowest BCUT2D eigenvalue weighted by atomic mass is 9.99. The minimum atomic E-state index is -1.09. The number of amides is 1. The number of aliphatic hydroxyl groups excluding tert-OH is 1. The molecule has 2 atom stereocenters. The zero-order chi connectivity index (χ0) is 31.1. The van der Waals surface area contributed by atoms with Gasteiger partial charge in [0.1, 0.15) is 24.2 Å². The summed E-state index contributed by atoms with van der Waals surface area (Å²) in [6.07, 6.45) is 4.96. The molecule has 0 bridgehead atoms. The van der Waals surface area contributed by atoms with Crippen LogP contribution in [0.4, 0.5) is 8.78 Å². The molecule has 8 nitrogen and oxygen atoms in total. The molecule has 0 aliphatic heterocycles. The molecule has 5 aromatic rings. The first-order valence-electron chi connectivity index (χ1n) is 14.5. The van der Waals surface area contributed by atoms with Gasteiger partial charge in [-0.05, 0) is 66.3 Å². The predicted octanol–water partition coefficient (Wildman–Crippen LogP) is 5.89. The van der Waals surface area contributed by atoms with Crippen molar-refractivity contribution in [3.8, 4) is 22.9 Å². The van der Waals surface area contributed by atoms with Crippen molar-refractivity contribution in [2.75, 3.05) is 6.54 Å². The number of oxazole rings is 2. The number of nitrogens with zero attached hydrogens (tertiary/aromatic N) is 2. The van der Waals surface area contributed by atoms with Crippen LogP contribution in [-0.2, 0) is 25.8 Å². The Morgan fingerprint density at radius 1 is 0.909 bits per heavy atom. The maximum Gasteiger partial charge on any atom is 0.251 e. The fourth-order valence-corrected chi connectivity index (χ4v) is 4.96. The van der Waals surface area contributed by atoms with Crippen LogP contribution in [0.2, 0.25) is 0 Å². The van der Waals surface area contributed by atoms with E-state index in [1.807, 2.05) is 19.1 Å². The number of carbonyl (C=O) groups excluding carboxylic acids is 1. The zero-order valence-corrected chi connectivity index (χ0v) is 24.5. The van der Waals surface area contributed by atoms with E-state index in [-0.39, 0.29) is 18.5 Å². The summed E-state index contributed by atoms with van der Waals surface area (Å²) in [5, 5.41) is 17.3. The minimum absolute atomic E-state index is 0.0134. The molecule has 3 aromatic carbocycles. The van der Waals surface area contributed by atoms with Crippen molar-refractivity contribution in [1.29, 1.82) is 0 Å². The van der Waals surface area contributed by atoms with E-state index >= 15 is 0 Å². The van der Waals surface area contributed by atoms with Crippen molar-refractivity contribution in [2.45, 2.75) is 51.8 Å². The Morgan fingerprint density at radius 3 is 2.34 bits per heavy atom. The van der Waals surface area contributed by atoms with Gasteiger partial charge in [0, 0.05) is 35.8 Å². The highest BCUT2D eigenvalue weighted by molar-refractivity contribution is 5.96. The highest BCUT2D eigenvalue weighted by Gasteiger charge is 2.24. The van der Waals surface area contributed by atoms with Gasteiger partial charge in [0.15, 0.2) is 0 Å². The smallest absolute Gasteiger partial charge is 0.251 e. The molecule has 0 saturated heterocycles. The van der Waals surface area contributed by atoms with Gasteiger partial charge in [-0.1, -0.05) is 38.1 Å². The number of nitrogens with one attached hydrogen (secondary N) is 2. The third kappa shape index (κ3) is 7.83. The first-order valence-corrected chi connectivity index (χ1v) is 14.5. The van der Waals surface area contributed by atoms with E-state index in [4.69, 9.17) is 8.83 Å². The molecule has 2 heterocycles. The summed E-state index contributed by atoms with van der Waals surface area (Å²) in [5.74, 6) is -1.37. The van der Waals surface area contributed by atoms with Gasteiger partial charge in [0.25, 0.3) is 5.91 Å². The van der Waals surface area contributed by atoms with Crippen molar-refractivity contribution in [1.82, 2.24) is 20.6 Å². The Kier molecular flexibility index (Phi) is 9.93. The van der Waals surface area contributed by atoms with Crippen LogP contribution in [0.15, 0.2) is 88.2 Å². The third-order valence-electron chi connectivity index (χ3n) is 7.28. The van der Waals surface area contributed by atoms with Crippen LogP contribution in [0.1, 0.15) is 46.6 Å². The van der Waals surface area contributed by atoms with E-state index < -0.39 is 29.7 Å². The maximum atomic E-state index is 14.0. The number of rotatable bonds is 13.